The summed E-state index contributed by atoms with van der Waals surface area (Å²) >= 11 is 0. The van der Waals surface area contributed by atoms with Crippen LogP contribution in [0.2, 0.25) is 0 Å². The van der Waals surface area contributed by atoms with Gasteiger partial charge in [-0.1, -0.05) is 30.3 Å². The van der Waals surface area contributed by atoms with Gasteiger partial charge in [0.25, 0.3) is 0 Å². The molecule has 0 spiro atoms. The largest absolute Gasteiger partial charge is 0.369 e. The van der Waals surface area contributed by atoms with Crippen LogP contribution in [-0.4, -0.2) is 30.9 Å². The third-order valence-electron chi connectivity index (χ3n) is 3.64. The van der Waals surface area contributed by atoms with Crippen LogP contribution >= 0.6 is 0 Å². The van der Waals surface area contributed by atoms with E-state index in [1.54, 1.807) is 0 Å². The number of carbonyl (C=O) groups excluding carboxylic acids is 1. The van der Waals surface area contributed by atoms with E-state index in [0.717, 1.165) is 31.5 Å². The highest BCUT2D eigenvalue weighted by Crippen LogP contribution is 2.34. The molecule has 0 atom stereocenters. The lowest BCUT2D eigenvalue weighted by Crippen LogP contribution is -2.49. The standard InChI is InChI=1S/C13H18N2O/c1-15-9-7-13(8-10-15,12(14)16)11-5-3-2-4-6-11/h2-6H,7-10H2,1H3,(H2,14,16). The number of nitrogens with zero attached hydrogens (tertiary/aromatic N) is 1. The minimum atomic E-state index is -0.451. The van der Waals surface area contributed by atoms with Crippen LogP contribution in [0.3, 0.4) is 0 Å². The lowest BCUT2D eigenvalue weighted by Gasteiger charge is -2.38. The molecular weight excluding hydrogens is 200 g/mol. The molecule has 0 aliphatic carbocycles. The normalized spacial score (nSPS) is 20.6. The Hall–Kier alpha value is -1.35. The molecule has 0 radical (unpaired) electrons. The molecule has 0 saturated carbocycles. The van der Waals surface area contributed by atoms with Gasteiger partial charge in [0.05, 0.1) is 5.41 Å². The molecule has 1 amide bonds. The number of primary amides is 1. The number of piperidine rings is 1. The van der Waals surface area contributed by atoms with E-state index in [1.807, 2.05) is 30.3 Å². The van der Waals surface area contributed by atoms with Crippen LogP contribution in [0.25, 0.3) is 0 Å². The Morgan fingerprint density at radius 2 is 1.81 bits per heavy atom. The second kappa shape index (κ2) is 4.26. The van der Waals surface area contributed by atoms with Crippen LogP contribution in [0.15, 0.2) is 30.3 Å². The van der Waals surface area contributed by atoms with Crippen LogP contribution in [0, 0.1) is 0 Å². The number of carbonyl (C=O) groups is 1. The summed E-state index contributed by atoms with van der Waals surface area (Å²) in [5.74, 6) is -0.188. The number of rotatable bonds is 2. The van der Waals surface area contributed by atoms with E-state index in [1.165, 1.54) is 0 Å². The van der Waals surface area contributed by atoms with Crippen LogP contribution in [-0.2, 0) is 10.2 Å². The van der Waals surface area contributed by atoms with Gasteiger partial charge in [0, 0.05) is 0 Å². The highest BCUT2D eigenvalue weighted by molar-refractivity contribution is 5.86. The topological polar surface area (TPSA) is 46.3 Å². The second-order valence-electron chi connectivity index (χ2n) is 4.62. The predicted octanol–water partition coefficient (Wildman–Crippen LogP) is 1.14. The third kappa shape index (κ3) is 1.83. The quantitative estimate of drug-likeness (QED) is 0.809. The summed E-state index contributed by atoms with van der Waals surface area (Å²) < 4.78 is 0. The van der Waals surface area contributed by atoms with Crippen molar-refractivity contribution in [3.8, 4) is 0 Å². The van der Waals surface area contributed by atoms with E-state index in [9.17, 15) is 4.79 Å². The summed E-state index contributed by atoms with van der Waals surface area (Å²) in [6.07, 6.45) is 1.64. The smallest absolute Gasteiger partial charge is 0.228 e. The van der Waals surface area contributed by atoms with Gasteiger partial charge in [-0.15, -0.1) is 0 Å². The van der Waals surface area contributed by atoms with Crippen LogP contribution in [0.4, 0.5) is 0 Å². The van der Waals surface area contributed by atoms with Crippen molar-refractivity contribution in [3.05, 3.63) is 35.9 Å². The zero-order valence-corrected chi connectivity index (χ0v) is 9.65. The summed E-state index contributed by atoms with van der Waals surface area (Å²) in [5, 5.41) is 0. The number of nitrogens with two attached hydrogens (primary N) is 1. The van der Waals surface area contributed by atoms with Gasteiger partial charge < -0.3 is 10.6 Å². The lowest BCUT2D eigenvalue weighted by atomic mass is 9.72. The van der Waals surface area contributed by atoms with E-state index < -0.39 is 5.41 Å². The summed E-state index contributed by atoms with van der Waals surface area (Å²) in [4.78, 5) is 14.0. The molecule has 3 heteroatoms. The Morgan fingerprint density at radius 1 is 1.25 bits per heavy atom. The zero-order chi connectivity index (χ0) is 11.6. The van der Waals surface area contributed by atoms with Crippen LogP contribution in [0.5, 0.6) is 0 Å². The fourth-order valence-electron chi connectivity index (χ4n) is 2.43. The van der Waals surface area contributed by atoms with E-state index >= 15 is 0 Å². The number of likely N-dealkylation sites (tertiary alicyclic amines) is 1. The molecule has 0 aromatic heterocycles. The molecule has 0 bridgehead atoms. The molecule has 0 unspecified atom stereocenters. The fourth-order valence-corrected chi connectivity index (χ4v) is 2.43. The highest BCUT2D eigenvalue weighted by atomic mass is 16.1. The van der Waals surface area contributed by atoms with Gasteiger partial charge in [-0.05, 0) is 38.5 Å². The number of hydrogen-bond acceptors (Lipinski definition) is 2. The Labute approximate surface area is 96.2 Å². The highest BCUT2D eigenvalue weighted by Gasteiger charge is 2.40. The minimum absolute atomic E-state index is 0.188. The molecule has 16 heavy (non-hydrogen) atoms. The van der Waals surface area contributed by atoms with Crippen molar-refractivity contribution in [2.45, 2.75) is 18.3 Å². The average Bonchev–Trinajstić information content (AvgIpc) is 2.31. The Bertz CT molecular complexity index is 367. The van der Waals surface area contributed by atoms with Gasteiger partial charge in [-0.2, -0.15) is 0 Å². The monoisotopic (exact) mass is 218 g/mol. The third-order valence-corrected chi connectivity index (χ3v) is 3.64. The Balaban J connectivity index is 2.34. The molecule has 1 aliphatic rings. The molecule has 3 nitrogen and oxygen atoms in total. The van der Waals surface area contributed by atoms with Crippen LogP contribution < -0.4 is 5.73 Å². The molecule has 1 aliphatic heterocycles. The molecule has 1 fully saturated rings. The van der Waals surface area contributed by atoms with Crippen molar-refractivity contribution in [2.24, 2.45) is 5.73 Å². The first-order chi connectivity index (χ1) is 7.65. The number of amides is 1. The first-order valence-electron chi connectivity index (χ1n) is 5.69. The van der Waals surface area contributed by atoms with Crippen molar-refractivity contribution in [1.82, 2.24) is 4.90 Å². The molecule has 1 aromatic carbocycles. The van der Waals surface area contributed by atoms with Gasteiger partial charge in [-0.25, -0.2) is 0 Å². The SMILES string of the molecule is CN1CCC(C(N)=O)(c2ccccc2)CC1. The molecule has 1 saturated heterocycles. The fraction of sp³-hybridized carbons (Fsp3) is 0.462. The first-order valence-corrected chi connectivity index (χ1v) is 5.69. The summed E-state index contributed by atoms with van der Waals surface area (Å²) in [7, 11) is 2.08. The van der Waals surface area contributed by atoms with E-state index in [2.05, 4.69) is 11.9 Å². The lowest BCUT2D eigenvalue weighted by molar-refractivity contribution is -0.125. The molecule has 1 heterocycles. The van der Waals surface area contributed by atoms with Crippen molar-refractivity contribution in [1.29, 1.82) is 0 Å². The molecule has 2 rings (SSSR count). The van der Waals surface area contributed by atoms with E-state index in [4.69, 9.17) is 5.73 Å². The molecular formula is C13H18N2O. The van der Waals surface area contributed by atoms with Gasteiger partial charge in [0.15, 0.2) is 0 Å². The van der Waals surface area contributed by atoms with E-state index in [-0.39, 0.29) is 5.91 Å². The van der Waals surface area contributed by atoms with Crippen molar-refractivity contribution in [2.75, 3.05) is 20.1 Å². The molecule has 1 aromatic rings. The number of hydrogen-bond donors (Lipinski definition) is 1. The first kappa shape index (κ1) is 11.1. The summed E-state index contributed by atoms with van der Waals surface area (Å²) in [6, 6.07) is 9.93. The Morgan fingerprint density at radius 3 is 2.31 bits per heavy atom. The molecule has 86 valence electrons. The minimum Gasteiger partial charge on any atom is -0.369 e. The number of benzene rings is 1. The maximum Gasteiger partial charge on any atom is 0.228 e. The Kier molecular flexibility index (Phi) is 2.97. The maximum absolute atomic E-state index is 11.8. The van der Waals surface area contributed by atoms with Gasteiger partial charge in [0.2, 0.25) is 5.91 Å². The summed E-state index contributed by atoms with van der Waals surface area (Å²) in [5.41, 5.74) is 6.24. The van der Waals surface area contributed by atoms with Gasteiger partial charge in [-0.3, -0.25) is 4.79 Å². The zero-order valence-electron chi connectivity index (χ0n) is 9.65. The second-order valence-corrected chi connectivity index (χ2v) is 4.62. The van der Waals surface area contributed by atoms with Crippen molar-refractivity contribution >= 4 is 5.91 Å². The van der Waals surface area contributed by atoms with Gasteiger partial charge in [0.1, 0.15) is 0 Å². The van der Waals surface area contributed by atoms with Crippen LogP contribution in [0.1, 0.15) is 18.4 Å². The summed E-state index contributed by atoms with van der Waals surface area (Å²) in [6.45, 7) is 1.86. The maximum atomic E-state index is 11.8. The van der Waals surface area contributed by atoms with E-state index in [0.29, 0.717) is 0 Å². The molecule has 2 N–H and O–H groups in total. The van der Waals surface area contributed by atoms with Gasteiger partial charge >= 0.3 is 0 Å². The average molecular weight is 218 g/mol. The van der Waals surface area contributed by atoms with Crippen molar-refractivity contribution in [3.63, 3.8) is 0 Å². The van der Waals surface area contributed by atoms with Crippen molar-refractivity contribution < 1.29 is 4.79 Å². The predicted molar refractivity (Wildman–Crippen MR) is 64.0 cm³/mol.